The van der Waals surface area contributed by atoms with E-state index in [1.807, 2.05) is 0 Å². The highest BCUT2D eigenvalue weighted by Gasteiger charge is 2.13. The first-order chi connectivity index (χ1) is 5.59. The van der Waals surface area contributed by atoms with E-state index in [2.05, 4.69) is 11.9 Å². The summed E-state index contributed by atoms with van der Waals surface area (Å²) in [6, 6.07) is 0. The summed E-state index contributed by atoms with van der Waals surface area (Å²) >= 11 is 0. The Morgan fingerprint density at radius 1 is 1.58 bits per heavy atom. The molecule has 1 N–H and O–H groups in total. The van der Waals surface area contributed by atoms with Crippen LogP contribution in [0.3, 0.4) is 0 Å². The topological polar surface area (TPSA) is 49.7 Å². The minimum absolute atomic E-state index is 0.443. The van der Waals surface area contributed by atoms with E-state index in [1.54, 1.807) is 13.8 Å². The second-order valence-corrected chi connectivity index (χ2v) is 2.94. The van der Waals surface area contributed by atoms with Crippen molar-refractivity contribution in [3.8, 4) is 0 Å². The van der Waals surface area contributed by atoms with E-state index in [0.29, 0.717) is 0 Å². The van der Waals surface area contributed by atoms with Crippen LogP contribution < -0.4 is 0 Å². The molecule has 0 rings (SSSR count). The summed E-state index contributed by atoms with van der Waals surface area (Å²) in [5, 5.41) is 8.63. The van der Waals surface area contributed by atoms with E-state index in [4.69, 9.17) is 5.11 Å². The van der Waals surface area contributed by atoms with Crippen LogP contribution in [0, 0.1) is 5.92 Å². The first-order valence-corrected chi connectivity index (χ1v) is 4.33. The standard InChI is InChI=1S/C9H17NO2/c1-4-5-6-10-8(3)7(2)9(11)12/h7H,4-6H2,1-3H3,(H,11,12)/b10-8-. The number of carboxylic acid groups (broad SMARTS) is 1. The number of nitrogens with zero attached hydrogens (tertiary/aromatic N) is 1. The summed E-state index contributed by atoms with van der Waals surface area (Å²) in [4.78, 5) is 14.7. The fourth-order valence-electron chi connectivity index (χ4n) is 0.729. The smallest absolute Gasteiger partial charge is 0.311 e. The molecule has 12 heavy (non-hydrogen) atoms. The summed E-state index contributed by atoms with van der Waals surface area (Å²) in [5.74, 6) is -1.24. The van der Waals surface area contributed by atoms with Crippen molar-refractivity contribution in [1.82, 2.24) is 0 Å². The van der Waals surface area contributed by atoms with E-state index in [1.165, 1.54) is 0 Å². The minimum Gasteiger partial charge on any atom is -0.481 e. The zero-order chi connectivity index (χ0) is 9.56. The largest absolute Gasteiger partial charge is 0.481 e. The van der Waals surface area contributed by atoms with Gasteiger partial charge in [0.05, 0.1) is 5.92 Å². The molecule has 0 saturated heterocycles. The maximum Gasteiger partial charge on any atom is 0.311 e. The molecule has 3 heteroatoms. The van der Waals surface area contributed by atoms with E-state index in [9.17, 15) is 4.79 Å². The summed E-state index contributed by atoms with van der Waals surface area (Å²) < 4.78 is 0. The number of carbonyl (C=O) groups is 1. The van der Waals surface area contributed by atoms with Gasteiger partial charge in [-0.15, -0.1) is 0 Å². The fourth-order valence-corrected chi connectivity index (χ4v) is 0.729. The lowest BCUT2D eigenvalue weighted by Crippen LogP contribution is -2.18. The summed E-state index contributed by atoms with van der Waals surface area (Å²) in [7, 11) is 0. The Morgan fingerprint density at radius 3 is 2.58 bits per heavy atom. The third-order valence-corrected chi connectivity index (χ3v) is 1.87. The average Bonchev–Trinajstić information content (AvgIpc) is 2.03. The van der Waals surface area contributed by atoms with Gasteiger partial charge in [-0.05, 0) is 20.3 Å². The van der Waals surface area contributed by atoms with Crippen LogP contribution >= 0.6 is 0 Å². The molecule has 0 aromatic rings. The van der Waals surface area contributed by atoms with Crippen LogP contribution in [0.2, 0.25) is 0 Å². The normalized spacial score (nSPS) is 14.4. The number of aliphatic imine (C=N–C) groups is 1. The number of hydrogen-bond donors (Lipinski definition) is 1. The van der Waals surface area contributed by atoms with Crippen molar-refractivity contribution < 1.29 is 9.90 Å². The van der Waals surface area contributed by atoms with Gasteiger partial charge in [0.2, 0.25) is 0 Å². The molecule has 0 aromatic heterocycles. The molecule has 0 spiro atoms. The van der Waals surface area contributed by atoms with Crippen molar-refractivity contribution in [2.24, 2.45) is 10.9 Å². The fraction of sp³-hybridized carbons (Fsp3) is 0.778. The quantitative estimate of drug-likeness (QED) is 0.508. The van der Waals surface area contributed by atoms with Gasteiger partial charge in [-0.3, -0.25) is 9.79 Å². The lowest BCUT2D eigenvalue weighted by atomic mass is 10.1. The average molecular weight is 171 g/mol. The molecule has 0 aliphatic rings. The molecule has 0 aliphatic carbocycles. The van der Waals surface area contributed by atoms with Crippen LogP contribution in [0.25, 0.3) is 0 Å². The van der Waals surface area contributed by atoms with E-state index in [0.717, 1.165) is 25.1 Å². The molecule has 0 aromatic carbocycles. The number of unbranched alkanes of at least 4 members (excludes halogenated alkanes) is 1. The summed E-state index contributed by atoms with van der Waals surface area (Å²) in [6.45, 7) is 6.27. The molecule has 0 radical (unpaired) electrons. The van der Waals surface area contributed by atoms with Crippen molar-refractivity contribution >= 4 is 11.7 Å². The third-order valence-electron chi connectivity index (χ3n) is 1.87. The molecule has 0 amide bonds. The Kier molecular flexibility index (Phi) is 5.34. The predicted octanol–water partition coefficient (Wildman–Crippen LogP) is 1.97. The maximum atomic E-state index is 10.5. The van der Waals surface area contributed by atoms with Gasteiger partial charge in [0.1, 0.15) is 0 Å². The lowest BCUT2D eigenvalue weighted by Gasteiger charge is -2.04. The molecule has 0 aliphatic heterocycles. The third kappa shape index (κ3) is 4.11. The molecule has 1 unspecified atom stereocenters. The Morgan fingerprint density at radius 2 is 2.17 bits per heavy atom. The van der Waals surface area contributed by atoms with Gasteiger partial charge in [-0.2, -0.15) is 0 Å². The summed E-state index contributed by atoms with van der Waals surface area (Å²) in [6.07, 6.45) is 2.13. The second-order valence-electron chi connectivity index (χ2n) is 2.94. The highest BCUT2D eigenvalue weighted by atomic mass is 16.4. The highest BCUT2D eigenvalue weighted by Crippen LogP contribution is 1.99. The number of aliphatic carboxylic acids is 1. The zero-order valence-corrected chi connectivity index (χ0v) is 8.00. The SMILES string of the molecule is CCCC/N=C(/C)C(C)C(=O)O. The van der Waals surface area contributed by atoms with Gasteiger partial charge in [0.15, 0.2) is 0 Å². The maximum absolute atomic E-state index is 10.5. The molecule has 0 fully saturated rings. The van der Waals surface area contributed by atoms with E-state index >= 15 is 0 Å². The molecule has 0 bridgehead atoms. The minimum atomic E-state index is -0.798. The number of hydrogen-bond acceptors (Lipinski definition) is 2. The van der Waals surface area contributed by atoms with Gasteiger partial charge in [0.25, 0.3) is 0 Å². The molecule has 70 valence electrons. The van der Waals surface area contributed by atoms with Gasteiger partial charge < -0.3 is 5.11 Å². The first kappa shape index (κ1) is 11.1. The molecule has 0 saturated carbocycles. The first-order valence-electron chi connectivity index (χ1n) is 4.33. The van der Waals surface area contributed by atoms with Crippen LogP contribution in [0.1, 0.15) is 33.6 Å². The number of carboxylic acids is 1. The molecule has 0 heterocycles. The Balaban J connectivity index is 3.90. The van der Waals surface area contributed by atoms with Gasteiger partial charge in [-0.1, -0.05) is 13.3 Å². The predicted molar refractivity (Wildman–Crippen MR) is 49.7 cm³/mol. The van der Waals surface area contributed by atoms with Crippen molar-refractivity contribution in [2.45, 2.75) is 33.6 Å². The molecular formula is C9H17NO2. The Hall–Kier alpha value is -0.860. The molecule has 3 nitrogen and oxygen atoms in total. The van der Waals surface area contributed by atoms with Crippen LogP contribution in [-0.4, -0.2) is 23.3 Å². The van der Waals surface area contributed by atoms with Crippen molar-refractivity contribution in [3.63, 3.8) is 0 Å². The van der Waals surface area contributed by atoms with Gasteiger partial charge in [-0.25, -0.2) is 0 Å². The van der Waals surface area contributed by atoms with E-state index < -0.39 is 11.9 Å². The monoisotopic (exact) mass is 171 g/mol. The highest BCUT2D eigenvalue weighted by molar-refractivity contribution is 5.99. The molecular weight excluding hydrogens is 154 g/mol. The Labute approximate surface area is 73.5 Å². The van der Waals surface area contributed by atoms with Crippen LogP contribution in [0.4, 0.5) is 0 Å². The van der Waals surface area contributed by atoms with Gasteiger partial charge in [0, 0.05) is 12.3 Å². The summed E-state index contributed by atoms with van der Waals surface area (Å²) in [5.41, 5.74) is 0.718. The van der Waals surface area contributed by atoms with Crippen molar-refractivity contribution in [2.75, 3.05) is 6.54 Å². The molecule has 1 atom stereocenters. The van der Waals surface area contributed by atoms with Crippen LogP contribution in [0.15, 0.2) is 4.99 Å². The van der Waals surface area contributed by atoms with Crippen LogP contribution in [-0.2, 0) is 4.79 Å². The lowest BCUT2D eigenvalue weighted by molar-refractivity contribution is -0.138. The van der Waals surface area contributed by atoms with Crippen molar-refractivity contribution in [1.29, 1.82) is 0 Å². The number of rotatable bonds is 5. The van der Waals surface area contributed by atoms with Crippen molar-refractivity contribution in [3.05, 3.63) is 0 Å². The van der Waals surface area contributed by atoms with Gasteiger partial charge >= 0.3 is 5.97 Å². The van der Waals surface area contributed by atoms with E-state index in [-0.39, 0.29) is 0 Å². The Bertz CT molecular complexity index is 175. The van der Waals surface area contributed by atoms with Crippen LogP contribution in [0.5, 0.6) is 0 Å². The zero-order valence-electron chi connectivity index (χ0n) is 8.00. The second kappa shape index (κ2) is 5.75.